The van der Waals surface area contributed by atoms with Crippen LogP contribution in [0.1, 0.15) is 5.56 Å². The van der Waals surface area contributed by atoms with Crippen molar-refractivity contribution >= 4 is 19.1 Å². The molecule has 0 saturated carbocycles. The third kappa shape index (κ3) is 5.28. The van der Waals surface area contributed by atoms with Crippen LogP contribution in [-0.4, -0.2) is 6.03 Å². The van der Waals surface area contributed by atoms with Crippen LogP contribution in [0.25, 0.3) is 0 Å². The van der Waals surface area contributed by atoms with Crippen molar-refractivity contribution in [3.05, 3.63) is 66.2 Å². The molecule has 2 aromatic carbocycles. The number of carbonyl (C=O) groups excluding carboxylic acids is 1. The van der Waals surface area contributed by atoms with Gasteiger partial charge in [-0.15, -0.1) is 0 Å². The fraction of sp³-hybridized carbons (Fsp3) is 0.0714. The summed E-state index contributed by atoms with van der Waals surface area (Å²) in [6, 6.07) is 19.5. The lowest BCUT2D eigenvalue weighted by Crippen LogP contribution is -1.93. The third-order valence-corrected chi connectivity index (χ3v) is 3.22. The minimum Gasteiger partial charge on any atom is -0.314 e. The summed E-state index contributed by atoms with van der Waals surface area (Å²) in [6.07, 6.45) is 0. The molecule has 0 aliphatic rings. The first-order valence-electron chi connectivity index (χ1n) is 5.30. The van der Waals surface area contributed by atoms with Crippen LogP contribution in [0.4, 0.5) is 0 Å². The summed E-state index contributed by atoms with van der Waals surface area (Å²) in [5.41, 5.74) is 1.32. The van der Waals surface area contributed by atoms with Gasteiger partial charge in [0.25, 0.3) is 0 Å². The van der Waals surface area contributed by atoms with Crippen LogP contribution in [0.3, 0.4) is 0 Å². The second kappa shape index (κ2) is 7.59. The van der Waals surface area contributed by atoms with E-state index in [9.17, 15) is 9.36 Å². The molecule has 0 aromatic heterocycles. The number of hydrogen-bond acceptors (Lipinski definition) is 2. The second-order valence-corrected chi connectivity index (χ2v) is 5.04. The van der Waals surface area contributed by atoms with E-state index < -0.39 is 7.80 Å². The van der Waals surface area contributed by atoms with Crippen molar-refractivity contribution in [3.63, 3.8) is 0 Å². The fourth-order valence-electron chi connectivity index (χ4n) is 1.20. The molecule has 1 atom stereocenters. The minimum atomic E-state index is -2.14. The van der Waals surface area contributed by atoms with Gasteiger partial charge in [0, 0.05) is 5.30 Å². The molecule has 0 aliphatic heterocycles. The average molecular weight is 246 g/mol. The highest BCUT2D eigenvalue weighted by molar-refractivity contribution is 7.68. The van der Waals surface area contributed by atoms with Gasteiger partial charge in [-0.3, -0.25) is 4.79 Å². The quantitative estimate of drug-likeness (QED) is 0.603. The Balaban J connectivity index is 0.000000181. The topological polar surface area (TPSA) is 34.1 Å². The molecule has 0 N–H and O–H groups in total. The number of benzene rings is 2. The number of rotatable bonds is 2. The molecule has 17 heavy (non-hydrogen) atoms. The van der Waals surface area contributed by atoms with Gasteiger partial charge in [-0.25, -0.2) is 0 Å². The Morgan fingerprint density at radius 3 is 1.71 bits per heavy atom. The summed E-state index contributed by atoms with van der Waals surface area (Å²) in [7, 11) is -2.14. The normalized spacial score (nSPS) is 10.9. The predicted octanol–water partition coefficient (Wildman–Crippen LogP) is 3.06. The van der Waals surface area contributed by atoms with Crippen LogP contribution in [0, 0.1) is 6.92 Å². The first-order valence-corrected chi connectivity index (χ1v) is 6.79. The first kappa shape index (κ1) is 13.4. The molecule has 0 bridgehead atoms. The molecule has 0 fully saturated rings. The van der Waals surface area contributed by atoms with E-state index in [2.05, 4.69) is 19.1 Å². The van der Waals surface area contributed by atoms with Gasteiger partial charge in [0.1, 0.15) is 0 Å². The van der Waals surface area contributed by atoms with E-state index >= 15 is 0 Å². The Morgan fingerprint density at radius 2 is 1.35 bits per heavy atom. The van der Waals surface area contributed by atoms with Gasteiger partial charge in [0.05, 0.1) is 0 Å². The molecule has 3 heteroatoms. The molecule has 88 valence electrons. The zero-order chi connectivity index (χ0) is 12.5. The van der Waals surface area contributed by atoms with Crippen LogP contribution >= 0.6 is 7.80 Å². The summed E-state index contributed by atoms with van der Waals surface area (Å²) in [5, 5.41) is 0.627. The zero-order valence-electron chi connectivity index (χ0n) is 9.67. The summed E-state index contributed by atoms with van der Waals surface area (Å²) >= 11 is 0. The van der Waals surface area contributed by atoms with Crippen LogP contribution < -0.4 is 5.30 Å². The molecule has 0 saturated heterocycles. The van der Waals surface area contributed by atoms with Crippen molar-refractivity contribution in [1.82, 2.24) is 0 Å². The van der Waals surface area contributed by atoms with Crippen molar-refractivity contribution in [1.29, 1.82) is 0 Å². The summed E-state index contributed by atoms with van der Waals surface area (Å²) < 4.78 is 10.8. The largest absolute Gasteiger partial charge is 0.314 e. The van der Waals surface area contributed by atoms with Crippen LogP contribution in [-0.2, 0) is 9.36 Å². The summed E-state index contributed by atoms with van der Waals surface area (Å²) in [4.78, 5) is 10.0. The molecule has 0 spiro atoms. The van der Waals surface area contributed by atoms with Crippen LogP contribution in [0.2, 0.25) is 0 Å². The maximum absolute atomic E-state index is 10.8. The lowest BCUT2D eigenvalue weighted by Gasteiger charge is -1.90. The SMILES string of the molecule is Cc1ccccc1.O=C[PH](=O)c1ccccc1. The molecule has 0 amide bonds. The van der Waals surface area contributed by atoms with E-state index in [0.717, 1.165) is 0 Å². The standard InChI is InChI=1S/C7H7O2P.C7H8/c8-6-10(9)7-4-2-1-3-5-7;1-7-5-3-2-4-6-7/h1-6,10H;2-6H,1H3. The van der Waals surface area contributed by atoms with E-state index in [1.807, 2.05) is 24.3 Å². The fourth-order valence-corrected chi connectivity index (χ4v) is 1.86. The molecule has 1 unspecified atom stereocenters. The van der Waals surface area contributed by atoms with Crippen molar-refractivity contribution in [2.24, 2.45) is 0 Å². The van der Waals surface area contributed by atoms with Crippen molar-refractivity contribution < 1.29 is 9.36 Å². The van der Waals surface area contributed by atoms with Crippen LogP contribution in [0.15, 0.2) is 60.7 Å². The smallest absolute Gasteiger partial charge is 0.180 e. The first-order chi connectivity index (χ1) is 8.24. The molecule has 2 rings (SSSR count). The van der Waals surface area contributed by atoms with E-state index in [0.29, 0.717) is 11.3 Å². The number of hydrogen-bond donors (Lipinski definition) is 0. The molecular weight excluding hydrogens is 231 g/mol. The van der Waals surface area contributed by atoms with Gasteiger partial charge < -0.3 is 4.57 Å². The highest BCUT2D eigenvalue weighted by Gasteiger charge is 1.96. The van der Waals surface area contributed by atoms with Gasteiger partial charge in [0.15, 0.2) is 13.8 Å². The van der Waals surface area contributed by atoms with E-state index in [1.54, 1.807) is 24.3 Å². The Kier molecular flexibility index (Phi) is 5.98. The van der Waals surface area contributed by atoms with Crippen molar-refractivity contribution in [3.8, 4) is 0 Å². The third-order valence-electron chi connectivity index (χ3n) is 2.11. The molecular formula is C14H15O2P. The van der Waals surface area contributed by atoms with Gasteiger partial charge in [-0.1, -0.05) is 66.2 Å². The molecule has 0 aliphatic carbocycles. The Labute approximate surface area is 102 Å². The van der Waals surface area contributed by atoms with E-state index in [-0.39, 0.29) is 0 Å². The number of aryl methyl sites for hydroxylation is 1. The zero-order valence-corrected chi connectivity index (χ0v) is 10.7. The highest BCUT2D eigenvalue weighted by Crippen LogP contribution is 2.12. The van der Waals surface area contributed by atoms with Crippen LogP contribution in [0.5, 0.6) is 0 Å². The van der Waals surface area contributed by atoms with Gasteiger partial charge in [-0.2, -0.15) is 0 Å². The van der Waals surface area contributed by atoms with E-state index in [1.165, 1.54) is 5.56 Å². The molecule has 0 heterocycles. The Bertz CT molecular complexity index is 466. The van der Waals surface area contributed by atoms with Gasteiger partial charge in [-0.05, 0) is 6.92 Å². The maximum Gasteiger partial charge on any atom is 0.180 e. The second-order valence-electron chi connectivity index (χ2n) is 3.50. The molecule has 2 aromatic rings. The molecule has 2 nitrogen and oxygen atoms in total. The maximum atomic E-state index is 10.8. The monoisotopic (exact) mass is 246 g/mol. The Hall–Kier alpha value is -1.66. The average Bonchev–Trinajstić information content (AvgIpc) is 2.40. The lowest BCUT2D eigenvalue weighted by atomic mass is 10.2. The lowest BCUT2D eigenvalue weighted by molar-refractivity contribution is 0.560. The van der Waals surface area contributed by atoms with Gasteiger partial charge in [0.2, 0.25) is 0 Å². The molecule has 0 radical (unpaired) electrons. The minimum absolute atomic E-state index is 0.500. The van der Waals surface area contributed by atoms with Gasteiger partial charge >= 0.3 is 0 Å². The van der Waals surface area contributed by atoms with Crippen molar-refractivity contribution in [2.75, 3.05) is 0 Å². The summed E-state index contributed by atoms with van der Waals surface area (Å²) in [6.45, 7) is 2.08. The van der Waals surface area contributed by atoms with E-state index in [4.69, 9.17) is 0 Å². The Morgan fingerprint density at radius 1 is 0.882 bits per heavy atom. The summed E-state index contributed by atoms with van der Waals surface area (Å²) in [5.74, 6) is 0. The predicted molar refractivity (Wildman–Crippen MR) is 73.0 cm³/mol. The van der Waals surface area contributed by atoms with Crippen molar-refractivity contribution in [2.45, 2.75) is 6.92 Å². The number of carbonyl (C=O) groups is 1. The highest BCUT2D eigenvalue weighted by atomic mass is 31.1.